The van der Waals surface area contributed by atoms with Crippen LogP contribution in [0, 0.1) is 5.92 Å². The van der Waals surface area contributed by atoms with Gasteiger partial charge in [-0.3, -0.25) is 19.1 Å². The molecule has 0 unspecified atom stereocenters. The molecule has 4 aromatic rings. The Labute approximate surface area is 367 Å². The second-order valence-electron chi connectivity index (χ2n) is 19.1. The van der Waals surface area contributed by atoms with E-state index in [1.807, 2.05) is 54.6 Å². The zero-order chi connectivity index (χ0) is 44.1. The molecule has 5 aliphatic rings. The number of sulfonamides is 1. The molecule has 0 spiro atoms. The van der Waals surface area contributed by atoms with Gasteiger partial charge in [0.1, 0.15) is 29.8 Å². The maximum absolute atomic E-state index is 14.8. The molecule has 0 radical (unpaired) electrons. The van der Waals surface area contributed by atoms with Gasteiger partial charge >= 0.3 is 6.09 Å². The van der Waals surface area contributed by atoms with Crippen LogP contribution in [0.1, 0.15) is 110 Å². The van der Waals surface area contributed by atoms with Crippen molar-refractivity contribution in [1.82, 2.24) is 34.9 Å². The first kappa shape index (κ1) is 42.8. The third-order valence-electron chi connectivity index (χ3n) is 13.3. The summed E-state index contributed by atoms with van der Waals surface area (Å²) in [5.74, 6) is -1.95. The molecule has 4 amide bonds. The Morgan fingerprint density at radius 3 is 2.41 bits per heavy atom. The highest BCUT2D eigenvalue weighted by Gasteiger charge is 2.62. The van der Waals surface area contributed by atoms with Gasteiger partial charge in [-0.15, -0.1) is 0 Å². The number of hydrogen-bond acceptors (Lipinski definition) is 10. The fraction of sp³-hybridized carbons (Fsp3) is 0.532. The minimum atomic E-state index is -3.91. The van der Waals surface area contributed by atoms with Crippen LogP contribution < -0.4 is 20.1 Å². The van der Waals surface area contributed by atoms with Crippen molar-refractivity contribution in [2.24, 2.45) is 5.92 Å². The van der Waals surface area contributed by atoms with Crippen molar-refractivity contribution in [2.75, 3.05) is 6.54 Å². The average molecular weight is 880 g/mol. The molecule has 334 valence electrons. The van der Waals surface area contributed by atoms with Gasteiger partial charge in [0.25, 0.3) is 5.91 Å². The van der Waals surface area contributed by atoms with E-state index in [4.69, 9.17) is 19.6 Å². The topological polar surface area (TPSA) is 190 Å². The van der Waals surface area contributed by atoms with Crippen LogP contribution >= 0.6 is 0 Å². The predicted molar refractivity (Wildman–Crippen MR) is 236 cm³/mol. The van der Waals surface area contributed by atoms with E-state index >= 15 is 0 Å². The third-order valence-corrected chi connectivity index (χ3v) is 15.1. The van der Waals surface area contributed by atoms with Crippen LogP contribution in [0.15, 0.2) is 66.7 Å². The fourth-order valence-corrected chi connectivity index (χ4v) is 10.7. The van der Waals surface area contributed by atoms with Crippen LogP contribution in [0.3, 0.4) is 0 Å². The number of benzene rings is 2. The first-order valence-corrected chi connectivity index (χ1v) is 24.1. The second-order valence-corrected chi connectivity index (χ2v) is 21.0. The van der Waals surface area contributed by atoms with E-state index in [-0.39, 0.29) is 30.9 Å². The second kappa shape index (κ2) is 16.9. The Morgan fingerprint density at radius 1 is 0.921 bits per heavy atom. The quantitative estimate of drug-likeness (QED) is 0.171. The Kier molecular flexibility index (Phi) is 11.5. The lowest BCUT2D eigenvalue weighted by molar-refractivity contribution is -0.141. The molecule has 16 heteroatoms. The molecule has 15 nitrogen and oxygen atoms in total. The number of carbonyl (C=O) groups excluding carboxylic acids is 4. The van der Waals surface area contributed by atoms with Gasteiger partial charge in [-0.2, -0.15) is 9.61 Å². The minimum Gasteiger partial charge on any atom is -0.472 e. The number of nitrogens with zero attached hydrogens (tertiary/aromatic N) is 4. The zero-order valence-electron chi connectivity index (χ0n) is 36.2. The molecule has 5 atom stereocenters. The molecule has 9 rings (SSSR count). The smallest absolute Gasteiger partial charge is 0.408 e. The van der Waals surface area contributed by atoms with Crippen LogP contribution in [0.2, 0.25) is 0 Å². The molecular weight excluding hydrogens is 823 g/mol. The number of amides is 4. The van der Waals surface area contributed by atoms with Crippen molar-refractivity contribution in [3.63, 3.8) is 0 Å². The number of aromatic nitrogens is 3. The third kappa shape index (κ3) is 9.00. The Morgan fingerprint density at radius 2 is 1.67 bits per heavy atom. The number of allylic oxidation sites excluding steroid dienone is 1. The first-order valence-electron chi connectivity index (χ1n) is 22.6. The van der Waals surface area contributed by atoms with E-state index in [1.54, 1.807) is 4.52 Å². The summed E-state index contributed by atoms with van der Waals surface area (Å²) in [4.78, 5) is 63.3. The molecule has 2 aromatic carbocycles. The lowest BCUT2D eigenvalue weighted by Crippen LogP contribution is -2.58. The number of nitrogens with one attached hydrogen (secondary N) is 3. The Hall–Kier alpha value is -5.51. The lowest BCUT2D eigenvalue weighted by atomic mass is 9.86. The largest absolute Gasteiger partial charge is 0.472 e. The van der Waals surface area contributed by atoms with Crippen molar-refractivity contribution in [1.29, 1.82) is 0 Å². The zero-order valence-corrected chi connectivity index (χ0v) is 37.0. The Bertz CT molecular complexity index is 2560. The molecule has 3 aliphatic carbocycles. The van der Waals surface area contributed by atoms with E-state index in [2.05, 4.69) is 48.3 Å². The minimum absolute atomic E-state index is 0.0222. The van der Waals surface area contributed by atoms with Crippen LogP contribution in [0.5, 0.6) is 5.88 Å². The molecule has 63 heavy (non-hydrogen) atoms. The highest BCUT2D eigenvalue weighted by atomic mass is 32.2. The van der Waals surface area contributed by atoms with Crippen molar-refractivity contribution >= 4 is 50.4 Å². The van der Waals surface area contributed by atoms with E-state index in [1.165, 1.54) is 10.5 Å². The van der Waals surface area contributed by atoms with Gasteiger partial charge in [0, 0.05) is 29.4 Å². The van der Waals surface area contributed by atoms with Crippen LogP contribution in [0.25, 0.3) is 27.8 Å². The normalized spacial score (nSPS) is 26.6. The van der Waals surface area contributed by atoms with Crippen molar-refractivity contribution in [2.45, 2.75) is 145 Å². The molecule has 0 bridgehead atoms. The number of ether oxygens (including phenoxy) is 2. The van der Waals surface area contributed by atoms with E-state index in [0.717, 1.165) is 49.5 Å². The molecular formula is C47H57N7O8S. The number of alkyl carbamates (subject to hydrolysis) is 1. The van der Waals surface area contributed by atoms with Gasteiger partial charge in [0.15, 0.2) is 5.65 Å². The summed E-state index contributed by atoms with van der Waals surface area (Å²) in [5.41, 5.74) is 2.41. The highest BCUT2D eigenvalue weighted by molar-refractivity contribution is 7.91. The summed E-state index contributed by atoms with van der Waals surface area (Å²) in [6.45, 7) is 6.45. The van der Waals surface area contributed by atoms with Crippen LogP contribution in [-0.2, 0) is 34.6 Å². The summed E-state index contributed by atoms with van der Waals surface area (Å²) < 4.78 is 42.4. The molecule has 3 N–H and O–H groups in total. The Balaban J connectivity index is 1.05. The highest BCUT2D eigenvalue weighted by Crippen LogP contribution is 2.46. The fourth-order valence-electron chi connectivity index (χ4n) is 9.33. The number of rotatable bonds is 8. The van der Waals surface area contributed by atoms with Gasteiger partial charge in [-0.05, 0) is 87.3 Å². The van der Waals surface area contributed by atoms with Gasteiger partial charge in [0.05, 0.1) is 23.0 Å². The number of carbonyl (C=O) groups is 4. The van der Waals surface area contributed by atoms with E-state index in [9.17, 15) is 27.6 Å². The van der Waals surface area contributed by atoms with E-state index in [0.29, 0.717) is 54.8 Å². The lowest BCUT2D eigenvalue weighted by Gasteiger charge is -2.30. The van der Waals surface area contributed by atoms with Crippen molar-refractivity contribution in [3.8, 4) is 17.1 Å². The van der Waals surface area contributed by atoms with Crippen molar-refractivity contribution in [3.05, 3.63) is 72.3 Å². The SMILES string of the molecule is CC(C)(C)c1ccc(-c2cc(O[C@@H]3C[C@H]4C(=O)N[C@]5(C(=O)NS(=O)(=O)C6CC6)C[C@H]5/C=C\CCCCC[C@H](NC(=O)OC5CCCC5)C(=O)N4C3)n3nc4ccccc4c3n2)cc1. The van der Waals surface area contributed by atoms with Gasteiger partial charge in [0.2, 0.25) is 27.7 Å². The summed E-state index contributed by atoms with van der Waals surface area (Å²) in [5, 5.41) is 10.8. The molecule has 4 fully saturated rings. The number of fused-ring (bicyclic) bond motifs is 5. The standard InChI is InChI=1S/C47H57N7O8S/c1-46(2,3)30-21-19-29(20-22-30)38-26-40(54-41(48-38)35-16-11-12-17-36(35)51-54)61-33-25-39-42(55)50-47(44(57)52-63(59,60)34-23-24-34)27-31(47)13-7-5-4-6-8-18-37(43(56)53(39)28-33)49-45(58)62-32-14-9-10-15-32/h7,11-13,16-17,19-22,26,31-34,37,39H,4-6,8-10,14-15,18,23-25,27-28H2,1-3H3,(H,49,58)(H,50,55)(H,52,57)/b13-7-/t31-,33-,37+,39+,47-/m1/s1. The molecule has 2 aliphatic heterocycles. The van der Waals surface area contributed by atoms with Gasteiger partial charge in [-0.1, -0.05) is 82.2 Å². The van der Waals surface area contributed by atoms with Crippen molar-refractivity contribution < 1.29 is 37.1 Å². The summed E-state index contributed by atoms with van der Waals surface area (Å²) in [6, 6.07) is 15.6. The maximum Gasteiger partial charge on any atom is 0.408 e. The van der Waals surface area contributed by atoms with E-state index < -0.39 is 68.7 Å². The van der Waals surface area contributed by atoms with Crippen LogP contribution in [-0.4, -0.2) is 93.4 Å². The molecule has 1 saturated heterocycles. The maximum atomic E-state index is 14.8. The first-order chi connectivity index (χ1) is 30.2. The van der Waals surface area contributed by atoms with Crippen LogP contribution in [0.4, 0.5) is 4.79 Å². The van der Waals surface area contributed by atoms with Gasteiger partial charge < -0.3 is 25.0 Å². The number of hydrogen-bond donors (Lipinski definition) is 3. The summed E-state index contributed by atoms with van der Waals surface area (Å²) >= 11 is 0. The molecule has 3 saturated carbocycles. The monoisotopic (exact) mass is 879 g/mol. The molecule has 4 heterocycles. The predicted octanol–water partition coefficient (Wildman–Crippen LogP) is 6.24. The molecule has 2 aromatic heterocycles. The van der Waals surface area contributed by atoms with Gasteiger partial charge in [-0.25, -0.2) is 18.2 Å². The summed E-state index contributed by atoms with van der Waals surface area (Å²) in [6.07, 6.45) is 10.1. The summed E-state index contributed by atoms with van der Waals surface area (Å²) in [7, 11) is -3.91. The average Bonchev–Trinajstić information content (AvgIpc) is 4.06.